The van der Waals surface area contributed by atoms with Crippen molar-refractivity contribution in [2.45, 2.75) is 32.5 Å². The number of hydrogen-bond acceptors (Lipinski definition) is 4. The SMILES string of the molecule is CN=C(NCCCc1nc(C)no1)NCc1ccc(C(F)(F)F)cc1. The Hall–Kier alpha value is -2.58. The van der Waals surface area contributed by atoms with Gasteiger partial charge in [0.2, 0.25) is 5.89 Å². The molecule has 2 aromatic rings. The average molecular weight is 355 g/mol. The maximum Gasteiger partial charge on any atom is 0.416 e. The lowest BCUT2D eigenvalue weighted by Gasteiger charge is -2.12. The minimum atomic E-state index is -4.32. The quantitative estimate of drug-likeness (QED) is 0.473. The van der Waals surface area contributed by atoms with Gasteiger partial charge in [0.15, 0.2) is 11.8 Å². The number of benzene rings is 1. The molecule has 1 aromatic carbocycles. The van der Waals surface area contributed by atoms with Gasteiger partial charge in [-0.25, -0.2) is 0 Å². The molecule has 0 amide bonds. The fourth-order valence-electron chi connectivity index (χ4n) is 2.11. The van der Waals surface area contributed by atoms with Gasteiger partial charge in [-0.3, -0.25) is 4.99 Å². The number of alkyl halides is 3. The molecule has 9 heteroatoms. The van der Waals surface area contributed by atoms with Crippen LogP contribution in [0.2, 0.25) is 0 Å². The van der Waals surface area contributed by atoms with E-state index < -0.39 is 11.7 Å². The van der Waals surface area contributed by atoms with Gasteiger partial charge in [-0.15, -0.1) is 0 Å². The first-order chi connectivity index (χ1) is 11.9. The molecule has 0 aliphatic heterocycles. The standard InChI is InChI=1S/C16H20F3N5O/c1-11-23-14(25-24-11)4-3-9-21-15(20-2)22-10-12-5-7-13(8-6-12)16(17,18)19/h5-8H,3-4,9-10H2,1-2H3,(H2,20,21,22). The number of nitrogens with one attached hydrogen (secondary N) is 2. The van der Waals surface area contributed by atoms with E-state index in [1.807, 2.05) is 0 Å². The van der Waals surface area contributed by atoms with Crippen LogP contribution in [0.1, 0.15) is 29.3 Å². The number of aryl methyl sites for hydroxylation is 2. The van der Waals surface area contributed by atoms with Crippen LogP contribution in [0.25, 0.3) is 0 Å². The Morgan fingerprint density at radius 1 is 1.20 bits per heavy atom. The summed E-state index contributed by atoms with van der Waals surface area (Å²) < 4.78 is 42.6. The van der Waals surface area contributed by atoms with Crippen molar-refractivity contribution >= 4 is 5.96 Å². The number of aliphatic imine (C=N–C) groups is 1. The van der Waals surface area contributed by atoms with Crippen molar-refractivity contribution in [2.24, 2.45) is 4.99 Å². The molecule has 0 saturated carbocycles. The summed E-state index contributed by atoms with van der Waals surface area (Å²) >= 11 is 0. The molecular formula is C16H20F3N5O. The Labute approximate surface area is 143 Å². The Kier molecular flexibility index (Phi) is 6.37. The molecule has 0 unspecified atom stereocenters. The zero-order valence-electron chi connectivity index (χ0n) is 14.0. The molecule has 25 heavy (non-hydrogen) atoms. The summed E-state index contributed by atoms with van der Waals surface area (Å²) in [4.78, 5) is 8.19. The van der Waals surface area contributed by atoms with E-state index in [-0.39, 0.29) is 0 Å². The van der Waals surface area contributed by atoms with Gasteiger partial charge in [0.05, 0.1) is 5.56 Å². The van der Waals surface area contributed by atoms with Crippen LogP contribution in [0, 0.1) is 6.92 Å². The first kappa shape index (κ1) is 18.8. The van der Waals surface area contributed by atoms with Crippen molar-refractivity contribution in [3.05, 3.63) is 47.1 Å². The lowest BCUT2D eigenvalue weighted by molar-refractivity contribution is -0.137. The van der Waals surface area contributed by atoms with E-state index in [4.69, 9.17) is 4.52 Å². The lowest BCUT2D eigenvalue weighted by Crippen LogP contribution is -2.37. The summed E-state index contributed by atoms with van der Waals surface area (Å²) in [6, 6.07) is 5.03. The first-order valence-electron chi connectivity index (χ1n) is 7.78. The molecule has 6 nitrogen and oxygen atoms in total. The molecular weight excluding hydrogens is 335 g/mol. The highest BCUT2D eigenvalue weighted by molar-refractivity contribution is 5.79. The van der Waals surface area contributed by atoms with E-state index in [0.29, 0.717) is 37.2 Å². The van der Waals surface area contributed by atoms with E-state index >= 15 is 0 Å². The number of nitrogens with zero attached hydrogens (tertiary/aromatic N) is 3. The van der Waals surface area contributed by atoms with Crippen LogP contribution >= 0.6 is 0 Å². The van der Waals surface area contributed by atoms with Crippen LogP contribution in [0.4, 0.5) is 13.2 Å². The van der Waals surface area contributed by atoms with Gasteiger partial charge in [-0.05, 0) is 31.0 Å². The average Bonchev–Trinajstić information content (AvgIpc) is 2.99. The van der Waals surface area contributed by atoms with Crippen LogP contribution in [0.5, 0.6) is 0 Å². The number of hydrogen-bond donors (Lipinski definition) is 2. The van der Waals surface area contributed by atoms with E-state index in [1.54, 1.807) is 14.0 Å². The third kappa shape index (κ3) is 6.09. The van der Waals surface area contributed by atoms with Gasteiger partial charge in [0.1, 0.15) is 0 Å². The Balaban J connectivity index is 1.72. The zero-order chi connectivity index (χ0) is 18.3. The molecule has 1 heterocycles. The van der Waals surface area contributed by atoms with Crippen molar-refractivity contribution in [1.82, 2.24) is 20.8 Å². The van der Waals surface area contributed by atoms with Crippen molar-refractivity contribution in [3.63, 3.8) is 0 Å². The summed E-state index contributed by atoms with van der Waals surface area (Å²) in [7, 11) is 1.63. The van der Waals surface area contributed by atoms with Crippen LogP contribution < -0.4 is 10.6 Å². The van der Waals surface area contributed by atoms with Crippen molar-refractivity contribution in [2.75, 3.05) is 13.6 Å². The predicted molar refractivity (Wildman–Crippen MR) is 87.0 cm³/mol. The molecule has 0 spiro atoms. The molecule has 2 N–H and O–H groups in total. The molecule has 0 saturated heterocycles. The van der Waals surface area contributed by atoms with Gasteiger partial charge in [-0.2, -0.15) is 18.2 Å². The molecule has 0 atom stereocenters. The summed E-state index contributed by atoms with van der Waals surface area (Å²) in [6.07, 6.45) is -2.88. The highest BCUT2D eigenvalue weighted by Crippen LogP contribution is 2.28. The van der Waals surface area contributed by atoms with E-state index in [2.05, 4.69) is 25.8 Å². The maximum atomic E-state index is 12.5. The monoisotopic (exact) mass is 355 g/mol. The summed E-state index contributed by atoms with van der Waals surface area (Å²) in [5.41, 5.74) is 0.0762. The summed E-state index contributed by atoms with van der Waals surface area (Å²) in [5, 5.41) is 9.89. The second-order valence-electron chi connectivity index (χ2n) is 5.39. The molecule has 0 fully saturated rings. The predicted octanol–water partition coefficient (Wildman–Crippen LogP) is 2.69. The van der Waals surface area contributed by atoms with E-state index in [9.17, 15) is 13.2 Å². The Bertz CT molecular complexity index is 695. The number of guanidine groups is 1. The van der Waals surface area contributed by atoms with Crippen LogP contribution in [-0.4, -0.2) is 29.7 Å². The minimum absolute atomic E-state index is 0.376. The second-order valence-corrected chi connectivity index (χ2v) is 5.39. The zero-order valence-corrected chi connectivity index (χ0v) is 14.0. The maximum absolute atomic E-state index is 12.5. The summed E-state index contributed by atoms with van der Waals surface area (Å²) in [6.45, 7) is 2.78. The normalized spacial score (nSPS) is 12.3. The number of halogens is 3. The lowest BCUT2D eigenvalue weighted by atomic mass is 10.1. The minimum Gasteiger partial charge on any atom is -0.356 e. The van der Waals surface area contributed by atoms with Crippen LogP contribution in [0.3, 0.4) is 0 Å². The van der Waals surface area contributed by atoms with E-state index in [0.717, 1.165) is 24.1 Å². The molecule has 1 aromatic heterocycles. The van der Waals surface area contributed by atoms with Crippen LogP contribution in [-0.2, 0) is 19.1 Å². The summed E-state index contributed by atoms with van der Waals surface area (Å²) in [5.74, 6) is 1.77. The van der Waals surface area contributed by atoms with Crippen molar-refractivity contribution in [3.8, 4) is 0 Å². The van der Waals surface area contributed by atoms with Crippen molar-refractivity contribution < 1.29 is 17.7 Å². The first-order valence-corrected chi connectivity index (χ1v) is 7.78. The largest absolute Gasteiger partial charge is 0.416 e. The van der Waals surface area contributed by atoms with Gasteiger partial charge in [0, 0.05) is 26.6 Å². The van der Waals surface area contributed by atoms with E-state index in [1.165, 1.54) is 12.1 Å². The van der Waals surface area contributed by atoms with Gasteiger partial charge in [0.25, 0.3) is 0 Å². The Morgan fingerprint density at radius 3 is 2.48 bits per heavy atom. The van der Waals surface area contributed by atoms with Gasteiger partial charge >= 0.3 is 6.18 Å². The van der Waals surface area contributed by atoms with Gasteiger partial charge in [-0.1, -0.05) is 17.3 Å². The molecule has 136 valence electrons. The second kappa shape index (κ2) is 8.50. The Morgan fingerprint density at radius 2 is 1.92 bits per heavy atom. The highest BCUT2D eigenvalue weighted by atomic mass is 19.4. The fraction of sp³-hybridized carbons (Fsp3) is 0.438. The molecule has 2 rings (SSSR count). The van der Waals surface area contributed by atoms with Gasteiger partial charge < -0.3 is 15.2 Å². The third-order valence-electron chi connectivity index (χ3n) is 3.39. The van der Waals surface area contributed by atoms with Crippen molar-refractivity contribution in [1.29, 1.82) is 0 Å². The smallest absolute Gasteiger partial charge is 0.356 e. The molecule has 0 radical (unpaired) electrons. The molecule has 0 aliphatic carbocycles. The molecule has 0 bridgehead atoms. The third-order valence-corrected chi connectivity index (χ3v) is 3.39. The highest BCUT2D eigenvalue weighted by Gasteiger charge is 2.29. The topological polar surface area (TPSA) is 75.3 Å². The van der Waals surface area contributed by atoms with Crippen LogP contribution in [0.15, 0.2) is 33.8 Å². The number of rotatable bonds is 6. The fourth-order valence-corrected chi connectivity index (χ4v) is 2.11. The molecule has 0 aliphatic rings. The number of aromatic nitrogens is 2.